The molecule has 0 heterocycles. The molecule has 2 aromatic carbocycles. The molecular formula is C17H14Cl2F2N2O2S. The zero-order valence-corrected chi connectivity index (χ0v) is 15.8. The monoisotopic (exact) mass is 418 g/mol. The zero-order valence-electron chi connectivity index (χ0n) is 13.5. The number of carbonyl (C=O) groups is 2. The topological polar surface area (TPSA) is 49.4 Å². The first-order valence-corrected chi connectivity index (χ1v) is 8.95. The van der Waals surface area contributed by atoms with Crippen LogP contribution in [-0.2, 0) is 4.79 Å². The van der Waals surface area contributed by atoms with Gasteiger partial charge in [0, 0.05) is 17.5 Å². The fourth-order valence-corrected chi connectivity index (χ4v) is 3.07. The molecule has 0 atom stereocenters. The van der Waals surface area contributed by atoms with E-state index in [0.29, 0.717) is 16.7 Å². The molecule has 2 amide bonds. The summed E-state index contributed by atoms with van der Waals surface area (Å²) in [6.07, 6.45) is 0. The van der Waals surface area contributed by atoms with Gasteiger partial charge in [0.1, 0.15) is 0 Å². The lowest BCUT2D eigenvalue weighted by atomic mass is 10.2. The average molecular weight is 419 g/mol. The lowest BCUT2D eigenvalue weighted by molar-refractivity contribution is -0.116. The number of benzene rings is 2. The van der Waals surface area contributed by atoms with Crippen LogP contribution in [0.3, 0.4) is 0 Å². The van der Waals surface area contributed by atoms with E-state index in [1.165, 1.54) is 36.2 Å². The predicted octanol–water partition coefficient (Wildman–Crippen LogP) is 5.02. The van der Waals surface area contributed by atoms with E-state index in [1.807, 2.05) is 0 Å². The highest BCUT2D eigenvalue weighted by molar-refractivity contribution is 7.99. The molecule has 1 N–H and O–H groups in total. The largest absolute Gasteiger partial charge is 0.332 e. The number of carbonyl (C=O) groups excluding carboxylic acids is 2. The molecule has 0 aliphatic heterocycles. The van der Waals surface area contributed by atoms with Crippen molar-refractivity contribution >= 4 is 52.5 Å². The molecule has 9 heteroatoms. The standard InChI is InChI=1S/C17H14Cl2F2N2O2S/c1-23(9-14(24)22-15-12(18)3-2-4-13(15)19)16(25)10-5-7-11(8-6-10)26-17(20)21/h2-8,17H,9H2,1H3,(H,22,24). The molecule has 0 aromatic heterocycles. The van der Waals surface area contributed by atoms with Crippen molar-refractivity contribution in [2.45, 2.75) is 10.7 Å². The lowest BCUT2D eigenvalue weighted by Gasteiger charge is -2.17. The Hall–Kier alpha value is -1.83. The van der Waals surface area contributed by atoms with E-state index >= 15 is 0 Å². The summed E-state index contributed by atoms with van der Waals surface area (Å²) in [5.41, 5.74) is 0.560. The van der Waals surface area contributed by atoms with Gasteiger partial charge in [-0.15, -0.1) is 0 Å². The van der Waals surface area contributed by atoms with Crippen LogP contribution in [0.4, 0.5) is 14.5 Å². The SMILES string of the molecule is CN(CC(=O)Nc1c(Cl)cccc1Cl)C(=O)c1ccc(SC(F)F)cc1. The Labute approximate surface area is 163 Å². The Morgan fingerprint density at radius 1 is 1.12 bits per heavy atom. The van der Waals surface area contributed by atoms with Gasteiger partial charge >= 0.3 is 0 Å². The minimum atomic E-state index is -2.53. The van der Waals surface area contributed by atoms with E-state index in [2.05, 4.69) is 5.32 Å². The maximum Gasteiger partial charge on any atom is 0.288 e. The lowest BCUT2D eigenvalue weighted by Crippen LogP contribution is -2.35. The van der Waals surface area contributed by atoms with Crippen LogP contribution in [0.1, 0.15) is 10.4 Å². The quantitative estimate of drug-likeness (QED) is 0.670. The number of likely N-dealkylation sites (N-methyl/N-ethyl adjacent to an activating group) is 1. The highest BCUT2D eigenvalue weighted by atomic mass is 35.5. The number of alkyl halides is 2. The number of halogens is 4. The van der Waals surface area contributed by atoms with Gasteiger partial charge in [-0.3, -0.25) is 9.59 Å². The van der Waals surface area contributed by atoms with Gasteiger partial charge in [-0.25, -0.2) is 0 Å². The van der Waals surface area contributed by atoms with Crippen molar-refractivity contribution in [3.05, 3.63) is 58.1 Å². The minimum Gasteiger partial charge on any atom is -0.332 e. The van der Waals surface area contributed by atoms with Crippen molar-refractivity contribution < 1.29 is 18.4 Å². The molecule has 0 aliphatic carbocycles. The number of hydrogen-bond acceptors (Lipinski definition) is 3. The van der Waals surface area contributed by atoms with Crippen molar-refractivity contribution in [3.8, 4) is 0 Å². The van der Waals surface area contributed by atoms with Gasteiger partial charge in [-0.2, -0.15) is 8.78 Å². The van der Waals surface area contributed by atoms with E-state index in [4.69, 9.17) is 23.2 Å². The fraction of sp³-hybridized carbons (Fsp3) is 0.176. The summed E-state index contributed by atoms with van der Waals surface area (Å²) in [5, 5.41) is 3.13. The van der Waals surface area contributed by atoms with Crippen LogP contribution in [0.15, 0.2) is 47.4 Å². The molecule has 4 nitrogen and oxygen atoms in total. The minimum absolute atomic E-state index is 0.228. The predicted molar refractivity (Wildman–Crippen MR) is 100 cm³/mol. The van der Waals surface area contributed by atoms with E-state index in [0.717, 1.165) is 0 Å². The van der Waals surface area contributed by atoms with Crippen molar-refractivity contribution in [1.29, 1.82) is 0 Å². The van der Waals surface area contributed by atoms with Crippen LogP contribution >= 0.6 is 35.0 Å². The summed E-state index contributed by atoms with van der Waals surface area (Å²) >= 11 is 12.4. The van der Waals surface area contributed by atoms with Crippen LogP contribution < -0.4 is 5.32 Å². The Morgan fingerprint density at radius 3 is 2.23 bits per heavy atom. The smallest absolute Gasteiger partial charge is 0.288 e. The molecule has 0 bridgehead atoms. The van der Waals surface area contributed by atoms with Crippen LogP contribution in [0.5, 0.6) is 0 Å². The first kappa shape index (κ1) is 20.5. The van der Waals surface area contributed by atoms with Gasteiger partial charge in [-0.1, -0.05) is 41.0 Å². The van der Waals surface area contributed by atoms with Crippen LogP contribution in [0.2, 0.25) is 10.0 Å². The summed E-state index contributed by atoms with van der Waals surface area (Å²) in [5.74, 6) is -3.42. The van der Waals surface area contributed by atoms with Gasteiger partial charge in [0.05, 0.1) is 22.3 Å². The molecule has 0 fully saturated rings. The zero-order chi connectivity index (χ0) is 19.3. The number of rotatable bonds is 6. The highest BCUT2D eigenvalue weighted by Crippen LogP contribution is 2.29. The highest BCUT2D eigenvalue weighted by Gasteiger charge is 2.17. The molecule has 0 spiro atoms. The van der Waals surface area contributed by atoms with Crippen molar-refractivity contribution in [3.63, 3.8) is 0 Å². The second-order valence-corrected chi connectivity index (χ2v) is 7.09. The number of thioether (sulfide) groups is 1. The van der Waals surface area contributed by atoms with E-state index in [-0.39, 0.29) is 27.8 Å². The summed E-state index contributed by atoms with van der Waals surface area (Å²) in [7, 11) is 1.46. The first-order chi connectivity index (χ1) is 12.3. The number of hydrogen-bond donors (Lipinski definition) is 1. The van der Waals surface area contributed by atoms with Gasteiger partial charge in [0.2, 0.25) is 5.91 Å². The summed E-state index contributed by atoms with van der Waals surface area (Å²) < 4.78 is 24.6. The fourth-order valence-electron chi connectivity index (χ4n) is 2.08. The van der Waals surface area contributed by atoms with Gasteiger partial charge in [0.15, 0.2) is 0 Å². The molecule has 0 radical (unpaired) electrons. The first-order valence-electron chi connectivity index (χ1n) is 7.32. The Bertz CT molecular complexity index is 784. The van der Waals surface area contributed by atoms with Gasteiger partial charge in [-0.05, 0) is 36.4 Å². The molecule has 0 saturated carbocycles. The van der Waals surface area contributed by atoms with Crippen LogP contribution in [0, 0.1) is 0 Å². The number of para-hydroxylation sites is 1. The van der Waals surface area contributed by atoms with Crippen LogP contribution in [-0.4, -0.2) is 36.1 Å². The molecule has 138 valence electrons. The molecule has 2 rings (SSSR count). The average Bonchev–Trinajstić information content (AvgIpc) is 2.58. The van der Waals surface area contributed by atoms with E-state index in [9.17, 15) is 18.4 Å². The summed E-state index contributed by atoms with van der Waals surface area (Å²) in [6, 6.07) is 10.5. The molecule has 0 unspecified atom stereocenters. The van der Waals surface area contributed by atoms with Crippen molar-refractivity contribution in [1.82, 2.24) is 4.90 Å². The van der Waals surface area contributed by atoms with Gasteiger partial charge < -0.3 is 10.2 Å². The third-order valence-electron chi connectivity index (χ3n) is 3.28. The molecular weight excluding hydrogens is 405 g/mol. The second-order valence-electron chi connectivity index (χ2n) is 5.21. The maximum absolute atomic E-state index is 12.3. The van der Waals surface area contributed by atoms with E-state index < -0.39 is 17.6 Å². The van der Waals surface area contributed by atoms with Crippen LogP contribution in [0.25, 0.3) is 0 Å². The molecule has 26 heavy (non-hydrogen) atoms. The van der Waals surface area contributed by atoms with Crippen molar-refractivity contribution in [2.24, 2.45) is 0 Å². The second kappa shape index (κ2) is 9.21. The Kier molecular flexibility index (Phi) is 7.25. The molecule has 2 aromatic rings. The number of nitrogens with zero attached hydrogens (tertiary/aromatic N) is 1. The Morgan fingerprint density at radius 2 is 1.69 bits per heavy atom. The summed E-state index contributed by atoms with van der Waals surface area (Å²) in [6.45, 7) is -0.228. The molecule has 0 aliphatic rings. The Balaban J connectivity index is 1.99. The maximum atomic E-state index is 12.3. The number of nitrogens with one attached hydrogen (secondary N) is 1. The van der Waals surface area contributed by atoms with Gasteiger partial charge in [0.25, 0.3) is 11.7 Å². The summed E-state index contributed by atoms with van der Waals surface area (Å²) in [4.78, 5) is 26.0. The molecule has 0 saturated heterocycles. The number of anilines is 1. The number of amides is 2. The normalized spacial score (nSPS) is 10.7. The van der Waals surface area contributed by atoms with E-state index in [1.54, 1.807) is 18.2 Å². The third kappa shape index (κ3) is 5.59. The van der Waals surface area contributed by atoms with Crippen molar-refractivity contribution in [2.75, 3.05) is 18.9 Å². The third-order valence-corrected chi connectivity index (χ3v) is 4.63.